The first-order chi connectivity index (χ1) is 14.3. The number of fused-ring (bicyclic) bond motifs is 1. The van der Waals surface area contributed by atoms with Crippen LogP contribution in [0.15, 0.2) is 41.2 Å². The van der Waals surface area contributed by atoms with E-state index in [1.165, 1.54) is 6.26 Å². The summed E-state index contributed by atoms with van der Waals surface area (Å²) in [5, 5.41) is 0. The van der Waals surface area contributed by atoms with E-state index in [1.54, 1.807) is 29.9 Å². The minimum atomic E-state index is -3.38. The van der Waals surface area contributed by atoms with Gasteiger partial charge in [-0.25, -0.2) is 13.2 Å². The Bertz CT molecular complexity index is 1240. The Morgan fingerprint density at radius 1 is 1.20 bits per heavy atom. The van der Waals surface area contributed by atoms with Crippen molar-refractivity contribution in [3.8, 4) is 11.5 Å². The molecule has 0 spiro atoms. The van der Waals surface area contributed by atoms with E-state index < -0.39 is 15.9 Å². The van der Waals surface area contributed by atoms with E-state index in [4.69, 9.17) is 9.47 Å². The molecule has 3 aromatic rings. The number of para-hydroxylation sites is 1. The molecule has 1 fully saturated rings. The Morgan fingerprint density at radius 3 is 2.60 bits per heavy atom. The second-order valence-electron chi connectivity index (χ2n) is 7.77. The maximum absolute atomic E-state index is 13.0. The van der Waals surface area contributed by atoms with E-state index in [0.29, 0.717) is 35.1 Å². The van der Waals surface area contributed by atoms with Gasteiger partial charge in [0.15, 0.2) is 11.5 Å². The van der Waals surface area contributed by atoms with Gasteiger partial charge in [0, 0.05) is 6.26 Å². The van der Waals surface area contributed by atoms with Gasteiger partial charge < -0.3 is 14.5 Å². The lowest BCUT2D eigenvalue weighted by Crippen LogP contribution is -2.28. The number of aromatic nitrogens is 2. The fourth-order valence-corrected chi connectivity index (χ4v) is 4.91. The number of rotatable bonds is 8. The highest BCUT2D eigenvalue weighted by Gasteiger charge is 2.29. The molecule has 1 saturated carbocycles. The Morgan fingerprint density at radius 2 is 1.97 bits per heavy atom. The molecule has 0 unspecified atom stereocenters. The van der Waals surface area contributed by atoms with Crippen LogP contribution in [-0.4, -0.2) is 43.7 Å². The van der Waals surface area contributed by atoms with Crippen molar-refractivity contribution in [1.82, 2.24) is 9.55 Å². The topological polar surface area (TPSA) is 90.4 Å². The number of nitrogens with one attached hydrogen (secondary N) is 1. The summed E-state index contributed by atoms with van der Waals surface area (Å²) in [4.78, 5) is 16.0. The smallest absolute Gasteiger partial charge is 0.327 e. The van der Waals surface area contributed by atoms with Gasteiger partial charge in [-0.05, 0) is 55.0 Å². The molecule has 0 bridgehead atoms. The molecule has 2 aromatic carbocycles. The molecule has 0 amide bonds. The van der Waals surface area contributed by atoms with Crippen molar-refractivity contribution in [3.05, 3.63) is 58.0 Å². The maximum Gasteiger partial charge on any atom is 0.327 e. The first-order valence-corrected chi connectivity index (χ1v) is 12.1. The van der Waals surface area contributed by atoms with Crippen LogP contribution < -0.4 is 15.2 Å². The van der Waals surface area contributed by atoms with Crippen molar-refractivity contribution < 1.29 is 17.9 Å². The summed E-state index contributed by atoms with van der Waals surface area (Å²) >= 11 is 0. The summed E-state index contributed by atoms with van der Waals surface area (Å²) in [6, 6.07) is 10.4. The molecule has 160 valence electrons. The van der Waals surface area contributed by atoms with Crippen LogP contribution in [0.5, 0.6) is 11.5 Å². The van der Waals surface area contributed by atoms with Gasteiger partial charge in [-0.15, -0.1) is 0 Å². The van der Waals surface area contributed by atoms with Gasteiger partial charge in [-0.3, -0.25) is 4.57 Å². The first kappa shape index (κ1) is 20.5. The molecule has 1 N–H and O–H groups in total. The fourth-order valence-electron chi connectivity index (χ4n) is 3.99. The number of ether oxygens (including phenoxy) is 2. The second-order valence-corrected chi connectivity index (χ2v) is 9.95. The number of methoxy groups -OCH3 is 1. The molecule has 7 nitrogen and oxygen atoms in total. The molecule has 8 heteroatoms. The predicted molar refractivity (Wildman–Crippen MR) is 117 cm³/mol. The second kappa shape index (κ2) is 7.83. The minimum Gasteiger partial charge on any atom is -0.493 e. The molecule has 1 atom stereocenters. The zero-order valence-corrected chi connectivity index (χ0v) is 18.2. The van der Waals surface area contributed by atoms with Crippen molar-refractivity contribution in [2.24, 2.45) is 0 Å². The summed E-state index contributed by atoms with van der Waals surface area (Å²) in [6.45, 7) is 2.30. The lowest BCUT2D eigenvalue weighted by Gasteiger charge is -2.20. The quantitative estimate of drug-likeness (QED) is 0.592. The molecular formula is C22H26N2O5S. The molecule has 1 aromatic heterocycles. The van der Waals surface area contributed by atoms with Crippen molar-refractivity contribution in [2.45, 2.75) is 31.7 Å². The number of aromatic amines is 1. The van der Waals surface area contributed by atoms with E-state index in [2.05, 4.69) is 4.98 Å². The maximum atomic E-state index is 13.0. The summed E-state index contributed by atoms with van der Waals surface area (Å²) in [5.74, 6) is 1.33. The number of nitrogens with zero attached hydrogens (tertiary/aromatic N) is 1. The van der Waals surface area contributed by atoms with E-state index in [9.17, 15) is 13.2 Å². The van der Waals surface area contributed by atoms with E-state index in [1.807, 2.05) is 25.1 Å². The first-order valence-electron chi connectivity index (χ1n) is 10.0. The van der Waals surface area contributed by atoms with Crippen molar-refractivity contribution in [2.75, 3.05) is 25.7 Å². The molecule has 0 aliphatic heterocycles. The van der Waals surface area contributed by atoms with Crippen molar-refractivity contribution in [1.29, 1.82) is 0 Å². The average Bonchev–Trinajstić information content (AvgIpc) is 3.47. The van der Waals surface area contributed by atoms with Gasteiger partial charge in [0.05, 0.1) is 36.5 Å². The predicted octanol–water partition coefficient (Wildman–Crippen LogP) is 3.25. The Kier molecular flexibility index (Phi) is 5.36. The molecule has 30 heavy (non-hydrogen) atoms. The minimum absolute atomic E-state index is 0.203. The molecule has 1 heterocycles. The Hall–Kier alpha value is -2.74. The van der Waals surface area contributed by atoms with Crippen LogP contribution in [0.3, 0.4) is 0 Å². The van der Waals surface area contributed by atoms with Crippen LogP contribution in [-0.2, 0) is 9.84 Å². The Labute approximate surface area is 175 Å². The highest BCUT2D eigenvalue weighted by atomic mass is 32.2. The monoisotopic (exact) mass is 430 g/mol. The average molecular weight is 431 g/mol. The molecule has 0 saturated heterocycles. The third-order valence-corrected chi connectivity index (χ3v) is 6.37. The largest absolute Gasteiger partial charge is 0.493 e. The van der Waals surface area contributed by atoms with Gasteiger partial charge in [0.2, 0.25) is 0 Å². The summed E-state index contributed by atoms with van der Waals surface area (Å²) in [7, 11) is -1.83. The van der Waals surface area contributed by atoms with Crippen molar-refractivity contribution in [3.63, 3.8) is 0 Å². The van der Waals surface area contributed by atoms with Gasteiger partial charge in [-0.2, -0.15) is 0 Å². The number of hydrogen-bond donors (Lipinski definition) is 1. The SMILES string of the molecule is CCOc1cc([C@H](CS(C)(=O)=O)n2c(=O)[nH]c3c(C4CC4)cccc32)ccc1OC. The molecule has 4 rings (SSSR count). The molecule has 1 aliphatic rings. The van der Waals surface area contributed by atoms with Gasteiger partial charge in [-0.1, -0.05) is 18.2 Å². The number of sulfone groups is 1. The van der Waals surface area contributed by atoms with E-state index >= 15 is 0 Å². The number of imidazole rings is 1. The summed E-state index contributed by atoms with van der Waals surface area (Å²) in [5.41, 5.74) is 2.98. The van der Waals surface area contributed by atoms with Gasteiger partial charge >= 0.3 is 5.69 Å². The van der Waals surface area contributed by atoms with Crippen molar-refractivity contribution >= 4 is 20.9 Å². The summed E-state index contributed by atoms with van der Waals surface area (Å²) < 4.78 is 37.2. The van der Waals surface area contributed by atoms with Crippen LogP contribution >= 0.6 is 0 Å². The normalized spacial score (nSPS) is 15.3. The van der Waals surface area contributed by atoms with Crippen LogP contribution in [0.1, 0.15) is 42.9 Å². The zero-order chi connectivity index (χ0) is 21.5. The molecule has 1 aliphatic carbocycles. The zero-order valence-electron chi connectivity index (χ0n) is 17.3. The van der Waals surface area contributed by atoms with E-state index in [-0.39, 0.29) is 11.4 Å². The Balaban J connectivity index is 1.91. The lowest BCUT2D eigenvalue weighted by molar-refractivity contribution is 0.310. The van der Waals surface area contributed by atoms with Crippen LogP contribution in [0.25, 0.3) is 11.0 Å². The third-order valence-electron chi connectivity index (χ3n) is 5.45. The standard InChI is InChI=1S/C22H26N2O5S/c1-4-29-20-12-15(10-11-19(20)28-2)18(13-30(3,26)27)24-17-7-5-6-16(14-8-9-14)21(17)23-22(24)25/h5-7,10-12,14,18H,4,8-9,13H2,1-3H3,(H,23,25)/t18-/m0/s1. The highest BCUT2D eigenvalue weighted by Crippen LogP contribution is 2.43. The van der Waals surface area contributed by atoms with Crippen LogP contribution in [0.4, 0.5) is 0 Å². The van der Waals surface area contributed by atoms with Gasteiger partial charge in [0.25, 0.3) is 0 Å². The lowest BCUT2D eigenvalue weighted by atomic mass is 10.1. The fraction of sp³-hybridized carbons (Fsp3) is 0.409. The van der Waals surface area contributed by atoms with Crippen LogP contribution in [0.2, 0.25) is 0 Å². The molecule has 0 radical (unpaired) electrons. The third kappa shape index (κ3) is 3.96. The summed E-state index contributed by atoms with van der Waals surface area (Å²) in [6.07, 6.45) is 3.40. The number of benzene rings is 2. The number of H-pyrrole nitrogens is 1. The molecular weight excluding hydrogens is 404 g/mol. The van der Waals surface area contributed by atoms with E-state index in [0.717, 1.165) is 23.9 Å². The van der Waals surface area contributed by atoms with Crippen LogP contribution in [0, 0.1) is 0 Å². The highest BCUT2D eigenvalue weighted by molar-refractivity contribution is 7.90. The van der Waals surface area contributed by atoms with Gasteiger partial charge in [0.1, 0.15) is 9.84 Å². The number of hydrogen-bond acceptors (Lipinski definition) is 5.